The Bertz CT molecular complexity index is 376. The maximum atomic E-state index is 11.4. The van der Waals surface area contributed by atoms with Crippen LogP contribution >= 0.6 is 11.3 Å². The molecular formula is C10H15N3O2S. The SMILES string of the molecule is CCCNC(=O)Cc1csc(NC(C)=O)n1. The van der Waals surface area contributed by atoms with Gasteiger partial charge in [0.2, 0.25) is 11.8 Å². The van der Waals surface area contributed by atoms with Crippen molar-refractivity contribution in [2.75, 3.05) is 11.9 Å². The van der Waals surface area contributed by atoms with Crippen LogP contribution in [-0.2, 0) is 16.0 Å². The van der Waals surface area contributed by atoms with Crippen LogP contribution in [0, 0.1) is 0 Å². The molecule has 2 amide bonds. The third kappa shape index (κ3) is 4.39. The first-order valence-electron chi connectivity index (χ1n) is 5.10. The highest BCUT2D eigenvalue weighted by atomic mass is 32.1. The summed E-state index contributed by atoms with van der Waals surface area (Å²) >= 11 is 1.32. The fourth-order valence-electron chi connectivity index (χ4n) is 1.09. The molecule has 2 N–H and O–H groups in total. The van der Waals surface area contributed by atoms with E-state index in [1.807, 2.05) is 6.92 Å². The molecule has 5 nitrogen and oxygen atoms in total. The molecule has 0 aliphatic rings. The summed E-state index contributed by atoms with van der Waals surface area (Å²) < 4.78 is 0. The molecular weight excluding hydrogens is 226 g/mol. The molecule has 88 valence electrons. The first kappa shape index (κ1) is 12.6. The Morgan fingerprint density at radius 3 is 2.88 bits per heavy atom. The topological polar surface area (TPSA) is 71.1 Å². The van der Waals surface area contributed by atoms with Gasteiger partial charge < -0.3 is 10.6 Å². The van der Waals surface area contributed by atoms with Crippen LogP contribution < -0.4 is 10.6 Å². The predicted molar refractivity (Wildman–Crippen MR) is 63.4 cm³/mol. The third-order valence-electron chi connectivity index (χ3n) is 1.75. The number of amides is 2. The van der Waals surface area contributed by atoms with Crippen LogP contribution in [0.4, 0.5) is 5.13 Å². The Morgan fingerprint density at radius 1 is 1.50 bits per heavy atom. The second-order valence-electron chi connectivity index (χ2n) is 3.35. The third-order valence-corrected chi connectivity index (χ3v) is 2.56. The monoisotopic (exact) mass is 241 g/mol. The summed E-state index contributed by atoms with van der Waals surface area (Å²) in [5.41, 5.74) is 0.683. The van der Waals surface area contributed by atoms with Crippen molar-refractivity contribution >= 4 is 28.3 Å². The summed E-state index contributed by atoms with van der Waals surface area (Å²) in [5.74, 6) is -0.196. The minimum atomic E-state index is -0.156. The van der Waals surface area contributed by atoms with Gasteiger partial charge in [0.1, 0.15) is 0 Å². The van der Waals surface area contributed by atoms with Crippen molar-refractivity contribution in [3.8, 4) is 0 Å². The first-order valence-corrected chi connectivity index (χ1v) is 5.98. The van der Waals surface area contributed by atoms with Crippen molar-refractivity contribution in [3.05, 3.63) is 11.1 Å². The molecule has 0 aliphatic carbocycles. The summed E-state index contributed by atoms with van der Waals surface area (Å²) in [6.07, 6.45) is 1.18. The second-order valence-corrected chi connectivity index (χ2v) is 4.21. The zero-order valence-electron chi connectivity index (χ0n) is 9.37. The van der Waals surface area contributed by atoms with Gasteiger partial charge in [-0.3, -0.25) is 9.59 Å². The molecule has 0 atom stereocenters. The highest BCUT2D eigenvalue weighted by molar-refractivity contribution is 7.13. The molecule has 0 fully saturated rings. The number of carbonyl (C=O) groups is 2. The van der Waals surface area contributed by atoms with E-state index < -0.39 is 0 Å². The van der Waals surface area contributed by atoms with Gasteiger partial charge in [0.15, 0.2) is 5.13 Å². The number of rotatable bonds is 5. The van der Waals surface area contributed by atoms with Crippen LogP contribution in [0.3, 0.4) is 0 Å². The molecule has 0 unspecified atom stereocenters. The maximum absolute atomic E-state index is 11.4. The molecule has 0 spiro atoms. The summed E-state index contributed by atoms with van der Waals surface area (Å²) in [6.45, 7) is 4.11. The summed E-state index contributed by atoms with van der Waals surface area (Å²) in [6, 6.07) is 0. The number of hydrogen-bond donors (Lipinski definition) is 2. The minimum absolute atomic E-state index is 0.0403. The van der Waals surface area contributed by atoms with Crippen molar-refractivity contribution in [2.24, 2.45) is 0 Å². The summed E-state index contributed by atoms with van der Waals surface area (Å²) in [4.78, 5) is 26.3. The smallest absolute Gasteiger partial charge is 0.226 e. The average molecular weight is 241 g/mol. The molecule has 1 heterocycles. The van der Waals surface area contributed by atoms with Gasteiger partial charge in [0.25, 0.3) is 0 Å². The first-order chi connectivity index (χ1) is 7.61. The molecule has 16 heavy (non-hydrogen) atoms. The Morgan fingerprint density at radius 2 is 2.25 bits per heavy atom. The molecule has 0 saturated heterocycles. The number of aromatic nitrogens is 1. The Kier molecular flexibility index (Phi) is 4.91. The van der Waals surface area contributed by atoms with E-state index in [0.717, 1.165) is 6.42 Å². The van der Waals surface area contributed by atoms with Gasteiger partial charge in [0, 0.05) is 18.8 Å². The molecule has 6 heteroatoms. The lowest BCUT2D eigenvalue weighted by atomic mass is 10.3. The Balaban J connectivity index is 2.45. The highest BCUT2D eigenvalue weighted by Crippen LogP contribution is 2.15. The number of nitrogens with zero attached hydrogens (tertiary/aromatic N) is 1. The number of thiazole rings is 1. The van der Waals surface area contributed by atoms with E-state index in [1.165, 1.54) is 18.3 Å². The predicted octanol–water partition coefficient (Wildman–Crippen LogP) is 1.17. The molecule has 0 bridgehead atoms. The lowest BCUT2D eigenvalue weighted by Gasteiger charge is -2.00. The van der Waals surface area contributed by atoms with Gasteiger partial charge in [-0.05, 0) is 6.42 Å². The molecule has 0 aromatic carbocycles. The minimum Gasteiger partial charge on any atom is -0.356 e. The summed E-state index contributed by atoms with van der Waals surface area (Å²) in [5, 5.41) is 7.66. The van der Waals surface area contributed by atoms with Crippen molar-refractivity contribution in [1.82, 2.24) is 10.3 Å². The van der Waals surface area contributed by atoms with Crippen molar-refractivity contribution in [2.45, 2.75) is 26.7 Å². The summed E-state index contributed by atoms with van der Waals surface area (Å²) in [7, 11) is 0. The zero-order chi connectivity index (χ0) is 12.0. The van der Waals surface area contributed by atoms with Crippen LogP contribution in [-0.4, -0.2) is 23.3 Å². The molecule has 0 saturated carbocycles. The molecule has 1 rings (SSSR count). The van der Waals surface area contributed by atoms with Gasteiger partial charge in [0.05, 0.1) is 12.1 Å². The van der Waals surface area contributed by atoms with Crippen LogP contribution in [0.25, 0.3) is 0 Å². The highest BCUT2D eigenvalue weighted by Gasteiger charge is 2.07. The van der Waals surface area contributed by atoms with E-state index in [0.29, 0.717) is 17.4 Å². The van der Waals surface area contributed by atoms with Gasteiger partial charge in [-0.15, -0.1) is 11.3 Å². The molecule has 1 aromatic rings. The number of carbonyl (C=O) groups excluding carboxylic acids is 2. The average Bonchev–Trinajstić information content (AvgIpc) is 2.61. The van der Waals surface area contributed by atoms with Gasteiger partial charge >= 0.3 is 0 Å². The van der Waals surface area contributed by atoms with E-state index in [-0.39, 0.29) is 18.2 Å². The Hall–Kier alpha value is -1.43. The van der Waals surface area contributed by atoms with E-state index in [2.05, 4.69) is 15.6 Å². The van der Waals surface area contributed by atoms with E-state index in [9.17, 15) is 9.59 Å². The van der Waals surface area contributed by atoms with E-state index in [4.69, 9.17) is 0 Å². The number of nitrogens with one attached hydrogen (secondary N) is 2. The lowest BCUT2D eigenvalue weighted by Crippen LogP contribution is -2.25. The van der Waals surface area contributed by atoms with Crippen molar-refractivity contribution < 1.29 is 9.59 Å². The molecule has 0 aliphatic heterocycles. The van der Waals surface area contributed by atoms with Gasteiger partial charge in [-0.2, -0.15) is 0 Å². The number of hydrogen-bond acceptors (Lipinski definition) is 4. The van der Waals surface area contributed by atoms with Crippen molar-refractivity contribution in [1.29, 1.82) is 0 Å². The van der Waals surface area contributed by atoms with E-state index >= 15 is 0 Å². The van der Waals surface area contributed by atoms with Crippen LogP contribution in [0.1, 0.15) is 26.0 Å². The quantitative estimate of drug-likeness (QED) is 0.813. The molecule has 0 radical (unpaired) electrons. The Labute approximate surface area is 98.3 Å². The van der Waals surface area contributed by atoms with Gasteiger partial charge in [-0.1, -0.05) is 6.92 Å². The second kappa shape index (κ2) is 6.22. The molecule has 1 aromatic heterocycles. The normalized spacial score (nSPS) is 9.88. The van der Waals surface area contributed by atoms with Crippen LogP contribution in [0.5, 0.6) is 0 Å². The fourth-order valence-corrected chi connectivity index (χ4v) is 1.84. The van der Waals surface area contributed by atoms with Crippen LogP contribution in [0.15, 0.2) is 5.38 Å². The standard InChI is InChI=1S/C10H15N3O2S/c1-3-4-11-9(15)5-8-6-16-10(13-8)12-7(2)14/h6H,3-5H2,1-2H3,(H,11,15)(H,12,13,14). The fraction of sp³-hybridized carbons (Fsp3) is 0.500. The van der Waals surface area contributed by atoms with Crippen LogP contribution in [0.2, 0.25) is 0 Å². The van der Waals surface area contributed by atoms with Gasteiger partial charge in [-0.25, -0.2) is 4.98 Å². The van der Waals surface area contributed by atoms with Crippen molar-refractivity contribution in [3.63, 3.8) is 0 Å². The number of anilines is 1. The maximum Gasteiger partial charge on any atom is 0.226 e. The lowest BCUT2D eigenvalue weighted by molar-refractivity contribution is -0.120. The zero-order valence-corrected chi connectivity index (χ0v) is 10.2. The van der Waals surface area contributed by atoms with E-state index in [1.54, 1.807) is 5.38 Å². The largest absolute Gasteiger partial charge is 0.356 e.